The molecule has 23 heavy (non-hydrogen) atoms. The maximum Gasteiger partial charge on any atom is 0.409 e. The van der Waals surface area contributed by atoms with Gasteiger partial charge in [-0.3, -0.25) is 0 Å². The molecule has 0 radical (unpaired) electrons. The zero-order chi connectivity index (χ0) is 17.4. The molecule has 0 saturated carbocycles. The Morgan fingerprint density at radius 1 is 1.35 bits per heavy atom. The molecule has 1 unspecified atom stereocenters. The van der Waals surface area contributed by atoms with Crippen LogP contribution < -0.4 is 14.2 Å². The minimum atomic E-state index is -3.85. The largest absolute Gasteiger partial charge is 0.453 e. The minimum Gasteiger partial charge on any atom is -0.453 e. The van der Waals surface area contributed by atoms with E-state index in [0.29, 0.717) is 11.3 Å². The summed E-state index contributed by atoms with van der Waals surface area (Å²) in [5.74, 6) is 0.674. The molecule has 1 aliphatic rings. The average molecular weight is 344 g/mol. The summed E-state index contributed by atoms with van der Waals surface area (Å²) in [7, 11) is 0.364. The quantitative estimate of drug-likeness (QED) is 0.883. The van der Waals surface area contributed by atoms with Gasteiger partial charge in [-0.05, 0) is 32.0 Å². The third-order valence-electron chi connectivity index (χ3n) is 3.54. The average Bonchev–Trinajstić information content (AvgIpc) is 2.70. The summed E-state index contributed by atoms with van der Waals surface area (Å²) < 4.78 is 40.4. The molecule has 0 saturated heterocycles. The molecular formula is C14H20N2O6S. The van der Waals surface area contributed by atoms with Crippen LogP contribution in [0.5, 0.6) is 11.5 Å². The molecule has 1 aromatic carbocycles. The Morgan fingerprint density at radius 3 is 2.57 bits per heavy atom. The number of hydrogen-bond donors (Lipinski definition) is 1. The second-order valence-electron chi connectivity index (χ2n) is 5.81. The van der Waals surface area contributed by atoms with Crippen molar-refractivity contribution in [3.05, 3.63) is 23.8 Å². The van der Waals surface area contributed by atoms with Gasteiger partial charge in [-0.1, -0.05) is 0 Å². The molecule has 0 bridgehead atoms. The van der Waals surface area contributed by atoms with Gasteiger partial charge >= 0.3 is 16.4 Å². The van der Waals surface area contributed by atoms with Crippen LogP contribution in [-0.4, -0.2) is 46.2 Å². The van der Waals surface area contributed by atoms with Gasteiger partial charge in [0, 0.05) is 26.7 Å². The Bertz CT molecular complexity index is 714. The highest BCUT2D eigenvalue weighted by atomic mass is 32.2. The van der Waals surface area contributed by atoms with E-state index in [1.807, 2.05) is 13.8 Å². The van der Waals surface area contributed by atoms with Crippen molar-refractivity contribution in [1.29, 1.82) is 0 Å². The van der Waals surface area contributed by atoms with Gasteiger partial charge in [-0.15, -0.1) is 0 Å². The number of hydrogen-bond acceptors (Lipinski definition) is 6. The number of rotatable bonds is 4. The lowest BCUT2D eigenvalue weighted by molar-refractivity contribution is -0.0558. The Labute approximate surface area is 135 Å². The summed E-state index contributed by atoms with van der Waals surface area (Å²) in [6.07, 6.45) is -1.43. The molecule has 8 nitrogen and oxygen atoms in total. The number of benzene rings is 1. The first-order valence-electron chi connectivity index (χ1n) is 6.89. The van der Waals surface area contributed by atoms with Crippen LogP contribution in [0.15, 0.2) is 18.2 Å². The lowest BCUT2D eigenvalue weighted by atomic mass is 9.85. The topological polar surface area (TPSA) is 94.2 Å². The van der Waals surface area contributed by atoms with Crippen molar-refractivity contribution in [2.45, 2.75) is 25.6 Å². The van der Waals surface area contributed by atoms with Gasteiger partial charge in [-0.2, -0.15) is 12.7 Å². The summed E-state index contributed by atoms with van der Waals surface area (Å²) in [6.45, 7) is 3.66. The first kappa shape index (κ1) is 17.4. The van der Waals surface area contributed by atoms with Gasteiger partial charge in [0.2, 0.25) is 0 Å². The molecule has 0 fully saturated rings. The van der Waals surface area contributed by atoms with Crippen molar-refractivity contribution in [3.63, 3.8) is 0 Å². The van der Waals surface area contributed by atoms with Crippen molar-refractivity contribution < 1.29 is 26.9 Å². The van der Waals surface area contributed by atoms with E-state index in [9.17, 15) is 13.2 Å². The van der Waals surface area contributed by atoms with Crippen LogP contribution in [0.4, 0.5) is 4.79 Å². The van der Waals surface area contributed by atoms with Gasteiger partial charge in [0.15, 0.2) is 0 Å². The van der Waals surface area contributed by atoms with E-state index < -0.39 is 28.1 Å². The fraction of sp³-hybridized carbons (Fsp3) is 0.500. The number of amides is 1. The fourth-order valence-corrected chi connectivity index (χ4v) is 2.58. The molecule has 0 aromatic heterocycles. The standard InChI is InChI=1S/C14H20N2O6S/c1-14(2)10-8-9(22-23(18,19)16(4)5)6-7-11(10)20-12(14)21-13(17)15-3/h6-8,12H,1-5H3,(H,15,17). The number of carbonyl (C=O) groups is 1. The van der Waals surface area contributed by atoms with Gasteiger partial charge < -0.3 is 19.0 Å². The van der Waals surface area contributed by atoms with Gasteiger partial charge in [-0.25, -0.2) is 4.79 Å². The molecule has 128 valence electrons. The first-order chi connectivity index (χ1) is 10.6. The maximum absolute atomic E-state index is 11.8. The number of nitrogens with one attached hydrogen (secondary N) is 1. The smallest absolute Gasteiger partial charge is 0.409 e. The Morgan fingerprint density at radius 2 is 2.00 bits per heavy atom. The number of carbonyl (C=O) groups excluding carboxylic acids is 1. The second-order valence-corrected chi connectivity index (χ2v) is 7.56. The van der Waals surface area contributed by atoms with Crippen molar-refractivity contribution in [2.75, 3.05) is 21.1 Å². The van der Waals surface area contributed by atoms with Crippen LogP contribution in [0.3, 0.4) is 0 Å². The zero-order valence-electron chi connectivity index (χ0n) is 13.6. The predicted molar refractivity (Wildman–Crippen MR) is 82.7 cm³/mol. The van der Waals surface area contributed by atoms with E-state index >= 15 is 0 Å². The van der Waals surface area contributed by atoms with Crippen LogP contribution in [0.2, 0.25) is 0 Å². The van der Waals surface area contributed by atoms with E-state index in [2.05, 4.69) is 5.32 Å². The molecule has 1 aliphatic heterocycles. The van der Waals surface area contributed by atoms with E-state index in [4.69, 9.17) is 13.7 Å². The lowest BCUT2D eigenvalue weighted by Gasteiger charge is -2.25. The summed E-state index contributed by atoms with van der Waals surface area (Å²) in [6, 6.07) is 4.65. The van der Waals surface area contributed by atoms with Gasteiger partial charge in [0.05, 0.1) is 5.41 Å². The third kappa shape index (κ3) is 3.35. The third-order valence-corrected chi connectivity index (χ3v) is 4.83. The van der Waals surface area contributed by atoms with Crippen molar-refractivity contribution in [2.24, 2.45) is 0 Å². The van der Waals surface area contributed by atoms with Crippen LogP contribution in [0, 0.1) is 0 Å². The van der Waals surface area contributed by atoms with Crippen LogP contribution in [0.1, 0.15) is 19.4 Å². The molecule has 2 rings (SSSR count). The Balaban J connectivity index is 2.29. The summed E-state index contributed by atoms with van der Waals surface area (Å²) in [4.78, 5) is 11.4. The van der Waals surface area contributed by atoms with Gasteiger partial charge in [0.1, 0.15) is 11.5 Å². The molecule has 9 heteroatoms. The summed E-state index contributed by atoms with van der Waals surface area (Å²) in [5.41, 5.74) is 0.0289. The van der Waals surface area contributed by atoms with E-state index in [-0.39, 0.29) is 5.75 Å². The monoisotopic (exact) mass is 344 g/mol. The van der Waals surface area contributed by atoms with Crippen molar-refractivity contribution in [3.8, 4) is 11.5 Å². The molecule has 1 amide bonds. The number of alkyl carbamates (subject to hydrolysis) is 1. The van der Waals surface area contributed by atoms with Gasteiger partial charge in [0.25, 0.3) is 6.29 Å². The molecular weight excluding hydrogens is 324 g/mol. The molecule has 1 heterocycles. The van der Waals surface area contributed by atoms with Crippen molar-refractivity contribution in [1.82, 2.24) is 9.62 Å². The Kier molecular flexibility index (Phi) is 4.45. The highest BCUT2D eigenvalue weighted by molar-refractivity contribution is 7.84. The minimum absolute atomic E-state index is 0.162. The van der Waals surface area contributed by atoms with E-state index in [0.717, 1.165) is 4.31 Å². The number of ether oxygens (including phenoxy) is 2. The Hall–Kier alpha value is -2.00. The SMILES string of the molecule is CNC(=O)OC1Oc2ccc(OS(=O)(=O)N(C)C)cc2C1(C)C. The van der Waals surface area contributed by atoms with Crippen LogP contribution in [0.25, 0.3) is 0 Å². The van der Waals surface area contributed by atoms with E-state index in [1.54, 1.807) is 12.1 Å². The molecule has 0 aliphatic carbocycles. The lowest BCUT2D eigenvalue weighted by Crippen LogP contribution is -2.39. The number of nitrogens with zero attached hydrogens (tertiary/aromatic N) is 1. The van der Waals surface area contributed by atoms with Crippen LogP contribution in [-0.2, 0) is 20.5 Å². The summed E-state index contributed by atoms with van der Waals surface area (Å²) >= 11 is 0. The molecule has 1 N–H and O–H groups in total. The predicted octanol–water partition coefficient (Wildman–Crippen LogP) is 1.22. The normalized spacial score (nSPS) is 19.0. The molecule has 1 atom stereocenters. The first-order valence-corrected chi connectivity index (χ1v) is 8.26. The molecule has 1 aromatic rings. The second kappa shape index (κ2) is 5.89. The fourth-order valence-electron chi connectivity index (χ4n) is 2.08. The highest BCUT2D eigenvalue weighted by Crippen LogP contribution is 2.44. The highest BCUT2D eigenvalue weighted by Gasteiger charge is 2.44. The zero-order valence-corrected chi connectivity index (χ0v) is 14.4. The maximum atomic E-state index is 11.8. The number of fused-ring (bicyclic) bond motifs is 1. The molecule has 0 spiro atoms. The van der Waals surface area contributed by atoms with Crippen LogP contribution >= 0.6 is 0 Å². The summed E-state index contributed by atoms with van der Waals surface area (Å²) in [5, 5.41) is 2.36. The van der Waals surface area contributed by atoms with Crippen molar-refractivity contribution >= 4 is 16.4 Å². The van der Waals surface area contributed by atoms with E-state index in [1.165, 1.54) is 27.2 Å².